The maximum atomic E-state index is 13.9. The molecule has 290 valence electrons. The van der Waals surface area contributed by atoms with Crippen LogP contribution in [0.2, 0.25) is 0 Å². The summed E-state index contributed by atoms with van der Waals surface area (Å²) in [6, 6.07) is 43.9. The number of morpholine rings is 1. The molecule has 3 atom stereocenters. The molecule has 1 amide bonds. The van der Waals surface area contributed by atoms with Gasteiger partial charge in [0.15, 0.2) is 6.23 Å². The summed E-state index contributed by atoms with van der Waals surface area (Å²) in [5.74, 6) is -0.223. The van der Waals surface area contributed by atoms with Crippen LogP contribution in [0.1, 0.15) is 67.4 Å². The topological polar surface area (TPSA) is 122 Å². The summed E-state index contributed by atoms with van der Waals surface area (Å²) in [5, 5.41) is 12.0. The number of aromatic nitrogens is 2. The zero-order valence-electron chi connectivity index (χ0n) is 32.3. The lowest BCUT2D eigenvalue weighted by Crippen LogP contribution is -2.58. The summed E-state index contributed by atoms with van der Waals surface area (Å²) in [7, 11) is -1.56. The first-order chi connectivity index (χ1) is 27.2. The van der Waals surface area contributed by atoms with Gasteiger partial charge < -0.3 is 19.1 Å². The lowest BCUT2D eigenvalue weighted by atomic mass is 9.75. The number of anilines is 1. The molecule has 12 heteroatoms. The van der Waals surface area contributed by atoms with Crippen LogP contribution in [0.3, 0.4) is 0 Å². The molecule has 1 aliphatic rings. The van der Waals surface area contributed by atoms with Gasteiger partial charge in [0.05, 0.1) is 37.3 Å². The predicted molar refractivity (Wildman–Crippen MR) is 219 cm³/mol. The minimum atomic E-state index is -1.56. The average Bonchev–Trinajstić information content (AvgIpc) is 3.21. The fraction of sp³-hybridized carbons (Fsp3) is 0.318. The van der Waals surface area contributed by atoms with Gasteiger partial charge in [-0.25, -0.2) is 9.46 Å². The molecule has 1 N–H and O–H groups in total. The van der Waals surface area contributed by atoms with Crippen molar-refractivity contribution in [1.29, 1.82) is 5.26 Å². The monoisotopic (exact) mass is 772 g/mol. The van der Waals surface area contributed by atoms with Gasteiger partial charge in [0, 0.05) is 36.9 Å². The van der Waals surface area contributed by atoms with Crippen molar-refractivity contribution >= 4 is 20.3 Å². The molecule has 1 unspecified atom stereocenters. The first kappa shape index (κ1) is 40.6. The van der Waals surface area contributed by atoms with Gasteiger partial charge in [0.1, 0.15) is 5.82 Å². The highest BCUT2D eigenvalue weighted by molar-refractivity contribution is 7.44. The van der Waals surface area contributed by atoms with Crippen LogP contribution in [-0.4, -0.2) is 69.5 Å². The second-order valence-corrected chi connectivity index (χ2v) is 15.5. The summed E-state index contributed by atoms with van der Waals surface area (Å²) in [5.41, 5.74) is 2.23. The first-order valence-electron chi connectivity index (χ1n) is 19.0. The van der Waals surface area contributed by atoms with Crippen molar-refractivity contribution < 1.29 is 18.6 Å². The summed E-state index contributed by atoms with van der Waals surface area (Å²) < 4.78 is 23.4. The lowest BCUT2D eigenvalue weighted by molar-refractivity contribution is -0.149. The number of ether oxygens (including phenoxy) is 1. The standard InChI is InChI=1S/C44H49N6O5P/c1-33(2)50(34(3)4)56(53-29-17-27-45)54-32-39-30-48(31-41(55-39)49-28-26-40(47-43(49)52)46-42(51)35-18-9-5-10-19-35)44(36-20-11-6-12-21-36,37-22-13-7-14-23-37)38-24-15-8-16-25-38/h5-16,18-26,28,33-34,39,41H,17,29-32H2,1-4H3,(H,46,47,51,52)/t39-,41+,56?/m0/s1. The molecular weight excluding hydrogens is 723 g/mol. The number of nitriles is 1. The number of benzene rings is 4. The van der Waals surface area contributed by atoms with E-state index >= 15 is 0 Å². The summed E-state index contributed by atoms with van der Waals surface area (Å²) >= 11 is 0. The normalized spacial score (nSPS) is 16.8. The van der Waals surface area contributed by atoms with Crippen LogP contribution < -0.4 is 11.0 Å². The molecule has 0 saturated carbocycles. The Labute approximate surface area is 330 Å². The van der Waals surface area contributed by atoms with Crippen molar-refractivity contribution in [3.8, 4) is 6.07 Å². The number of hydrogen-bond acceptors (Lipinski definition) is 9. The van der Waals surface area contributed by atoms with Crippen LogP contribution in [0.15, 0.2) is 138 Å². The maximum Gasteiger partial charge on any atom is 0.351 e. The fourth-order valence-electron chi connectivity index (χ4n) is 7.36. The summed E-state index contributed by atoms with van der Waals surface area (Å²) in [4.78, 5) is 33.5. The maximum absolute atomic E-state index is 13.9. The second kappa shape index (κ2) is 19.2. The van der Waals surface area contributed by atoms with Gasteiger partial charge in [-0.3, -0.25) is 14.3 Å². The molecule has 1 aliphatic heterocycles. The van der Waals surface area contributed by atoms with Crippen LogP contribution in [0.4, 0.5) is 5.82 Å². The van der Waals surface area contributed by atoms with Crippen LogP contribution in [0.25, 0.3) is 0 Å². The molecule has 0 bridgehead atoms. The average molecular weight is 773 g/mol. The number of carbonyl (C=O) groups excluding carboxylic acids is 1. The van der Waals surface area contributed by atoms with E-state index in [2.05, 4.69) is 90.0 Å². The minimum absolute atomic E-state index is 0.118. The molecule has 4 aromatic carbocycles. The molecule has 6 rings (SSSR count). The van der Waals surface area contributed by atoms with Crippen LogP contribution in [0, 0.1) is 11.3 Å². The van der Waals surface area contributed by atoms with E-state index in [4.69, 9.17) is 13.8 Å². The minimum Gasteiger partial charge on any atom is -0.350 e. The highest BCUT2D eigenvalue weighted by atomic mass is 31.2. The molecule has 1 saturated heterocycles. The number of rotatable bonds is 16. The van der Waals surface area contributed by atoms with Crippen molar-refractivity contribution in [3.63, 3.8) is 0 Å². The van der Waals surface area contributed by atoms with Gasteiger partial charge >= 0.3 is 5.69 Å². The molecule has 5 aromatic rings. The summed E-state index contributed by atoms with van der Waals surface area (Å²) in [6.45, 7) is 9.54. The van der Waals surface area contributed by atoms with E-state index in [1.807, 2.05) is 60.7 Å². The quantitative estimate of drug-likeness (QED) is 0.0605. The molecule has 1 fully saturated rings. The molecule has 56 heavy (non-hydrogen) atoms. The third kappa shape index (κ3) is 9.31. The third-order valence-electron chi connectivity index (χ3n) is 9.65. The predicted octanol–water partition coefficient (Wildman–Crippen LogP) is 7.98. The Hall–Kier alpha value is -5.05. The molecule has 1 aromatic heterocycles. The van der Waals surface area contributed by atoms with E-state index in [0.29, 0.717) is 18.7 Å². The smallest absolute Gasteiger partial charge is 0.350 e. The van der Waals surface area contributed by atoms with Gasteiger partial charge in [0.2, 0.25) is 0 Å². The highest BCUT2D eigenvalue weighted by Gasteiger charge is 2.47. The Morgan fingerprint density at radius 3 is 1.89 bits per heavy atom. The SMILES string of the molecule is CC(C)N(C(C)C)P(OCCC#N)OC[C@@H]1CN(C(c2ccccc2)(c2ccccc2)c2ccccc2)C[C@H](n2ccc(NC(=O)c3ccccc3)nc2=O)O1. The Kier molecular flexibility index (Phi) is 13.9. The largest absolute Gasteiger partial charge is 0.351 e. The van der Waals surface area contributed by atoms with Gasteiger partial charge in [-0.1, -0.05) is 109 Å². The van der Waals surface area contributed by atoms with Crippen molar-refractivity contribution in [1.82, 2.24) is 19.1 Å². The Balaban J connectivity index is 1.42. The number of nitrogens with zero attached hydrogens (tertiary/aromatic N) is 5. The Morgan fingerprint density at radius 1 is 0.857 bits per heavy atom. The Morgan fingerprint density at radius 2 is 1.39 bits per heavy atom. The van der Waals surface area contributed by atoms with E-state index in [-0.39, 0.29) is 43.4 Å². The molecular formula is C44H49N6O5P. The number of nitrogens with one attached hydrogen (secondary N) is 1. The van der Waals surface area contributed by atoms with Gasteiger partial charge in [-0.2, -0.15) is 10.2 Å². The van der Waals surface area contributed by atoms with E-state index in [0.717, 1.165) is 16.7 Å². The third-order valence-corrected chi connectivity index (χ3v) is 11.7. The molecule has 11 nitrogen and oxygen atoms in total. The van der Waals surface area contributed by atoms with E-state index in [1.54, 1.807) is 36.5 Å². The van der Waals surface area contributed by atoms with E-state index < -0.39 is 32.1 Å². The van der Waals surface area contributed by atoms with Crippen molar-refractivity contribution in [2.24, 2.45) is 0 Å². The number of hydrogen-bond donors (Lipinski definition) is 1. The zero-order chi connectivity index (χ0) is 39.5. The fourth-order valence-corrected chi connectivity index (χ4v) is 9.00. The highest BCUT2D eigenvalue weighted by Crippen LogP contribution is 2.48. The van der Waals surface area contributed by atoms with Gasteiger partial charge in [-0.15, -0.1) is 0 Å². The van der Waals surface area contributed by atoms with Crippen LogP contribution >= 0.6 is 8.53 Å². The molecule has 0 aliphatic carbocycles. The molecule has 0 radical (unpaired) electrons. The Bertz CT molecular complexity index is 1990. The zero-order valence-corrected chi connectivity index (χ0v) is 33.2. The van der Waals surface area contributed by atoms with E-state index in [1.165, 1.54) is 4.57 Å². The van der Waals surface area contributed by atoms with Crippen molar-refractivity contribution in [3.05, 3.63) is 166 Å². The molecule has 2 heterocycles. The number of amides is 1. The molecule has 0 spiro atoms. The van der Waals surface area contributed by atoms with Crippen LogP contribution in [-0.2, 0) is 19.3 Å². The van der Waals surface area contributed by atoms with E-state index in [9.17, 15) is 14.9 Å². The van der Waals surface area contributed by atoms with Gasteiger partial charge in [-0.05, 0) is 62.6 Å². The first-order valence-corrected chi connectivity index (χ1v) is 20.1. The van der Waals surface area contributed by atoms with Crippen LogP contribution in [0.5, 0.6) is 0 Å². The van der Waals surface area contributed by atoms with Crippen molar-refractivity contribution in [2.75, 3.05) is 31.6 Å². The van der Waals surface area contributed by atoms with Gasteiger partial charge in [0.25, 0.3) is 14.4 Å². The second-order valence-electron chi connectivity index (χ2n) is 14.1. The van der Waals surface area contributed by atoms with Crippen molar-refractivity contribution in [2.45, 2.75) is 64.1 Å². The number of carbonyl (C=O) groups is 1. The summed E-state index contributed by atoms with van der Waals surface area (Å²) in [6.07, 6.45) is 0.546. The lowest BCUT2D eigenvalue weighted by Gasteiger charge is -2.50.